The highest BCUT2D eigenvalue weighted by Crippen LogP contribution is 2.33. The van der Waals surface area contributed by atoms with Gasteiger partial charge in [-0.25, -0.2) is 0 Å². The van der Waals surface area contributed by atoms with Crippen LogP contribution in [0.1, 0.15) is 32.8 Å². The Morgan fingerprint density at radius 2 is 1.95 bits per heavy atom. The third-order valence-electron chi connectivity index (χ3n) is 3.34. The molecular formula is C15H19F3N2S. The summed E-state index contributed by atoms with van der Waals surface area (Å²) >= 11 is 1.55. The van der Waals surface area contributed by atoms with Crippen LogP contribution in [0.25, 0.3) is 0 Å². The number of aliphatic imine (C=N–C) groups is 1. The molecule has 0 bridgehead atoms. The van der Waals surface area contributed by atoms with Gasteiger partial charge in [0, 0.05) is 11.4 Å². The molecule has 6 heteroatoms. The van der Waals surface area contributed by atoms with E-state index in [0.29, 0.717) is 10.9 Å². The number of amidine groups is 1. The molecule has 2 nitrogen and oxygen atoms in total. The zero-order valence-electron chi connectivity index (χ0n) is 12.3. The van der Waals surface area contributed by atoms with Gasteiger partial charge in [0.2, 0.25) is 0 Å². The summed E-state index contributed by atoms with van der Waals surface area (Å²) in [6.07, 6.45) is -3.34. The Morgan fingerprint density at radius 1 is 1.24 bits per heavy atom. The minimum Gasteiger partial charge on any atom is -0.335 e. The van der Waals surface area contributed by atoms with Gasteiger partial charge in [0.05, 0.1) is 11.6 Å². The summed E-state index contributed by atoms with van der Waals surface area (Å²) in [5, 5.41) is 3.70. The highest BCUT2D eigenvalue weighted by Gasteiger charge is 2.31. The monoisotopic (exact) mass is 316 g/mol. The summed E-state index contributed by atoms with van der Waals surface area (Å²) in [5.74, 6) is 0.923. The van der Waals surface area contributed by atoms with Gasteiger partial charge in [0.1, 0.15) is 0 Å². The van der Waals surface area contributed by atoms with E-state index >= 15 is 0 Å². The SMILES string of the molecule is CC(C)(C)C1CCSC(Nc2cccc(C(F)(F)F)c2)=N1. The average molecular weight is 316 g/mol. The lowest BCUT2D eigenvalue weighted by Crippen LogP contribution is -2.30. The molecule has 1 N–H and O–H groups in total. The van der Waals surface area contributed by atoms with Gasteiger partial charge < -0.3 is 5.32 Å². The van der Waals surface area contributed by atoms with Crippen LogP contribution in [-0.2, 0) is 6.18 Å². The fraction of sp³-hybridized carbons (Fsp3) is 0.533. The number of thioether (sulfide) groups is 1. The van der Waals surface area contributed by atoms with Gasteiger partial charge in [-0.2, -0.15) is 13.2 Å². The Kier molecular flexibility index (Phi) is 4.56. The maximum atomic E-state index is 12.7. The minimum atomic E-state index is -4.33. The number of nitrogens with one attached hydrogen (secondary N) is 1. The van der Waals surface area contributed by atoms with Crippen molar-refractivity contribution in [3.05, 3.63) is 29.8 Å². The zero-order chi connectivity index (χ0) is 15.7. The lowest BCUT2D eigenvalue weighted by atomic mass is 9.85. The van der Waals surface area contributed by atoms with Crippen LogP contribution >= 0.6 is 11.8 Å². The van der Waals surface area contributed by atoms with Crippen molar-refractivity contribution in [3.63, 3.8) is 0 Å². The van der Waals surface area contributed by atoms with Crippen molar-refractivity contribution in [2.75, 3.05) is 11.1 Å². The third-order valence-corrected chi connectivity index (χ3v) is 4.26. The molecule has 1 aliphatic rings. The van der Waals surface area contributed by atoms with E-state index in [-0.39, 0.29) is 11.5 Å². The molecule has 1 heterocycles. The van der Waals surface area contributed by atoms with Crippen LogP contribution < -0.4 is 5.32 Å². The molecular weight excluding hydrogens is 297 g/mol. The summed E-state index contributed by atoms with van der Waals surface area (Å²) in [6.45, 7) is 6.37. The number of hydrogen-bond acceptors (Lipinski definition) is 3. The summed E-state index contributed by atoms with van der Waals surface area (Å²) in [4.78, 5) is 4.63. The van der Waals surface area contributed by atoms with Crippen molar-refractivity contribution in [1.82, 2.24) is 0 Å². The van der Waals surface area contributed by atoms with E-state index in [0.717, 1.165) is 24.3 Å². The first-order chi connectivity index (χ1) is 9.66. The van der Waals surface area contributed by atoms with Gasteiger partial charge in [-0.05, 0) is 30.0 Å². The van der Waals surface area contributed by atoms with Crippen LogP contribution in [0.4, 0.5) is 18.9 Å². The Hall–Kier alpha value is -1.17. The summed E-state index contributed by atoms with van der Waals surface area (Å²) in [6, 6.07) is 5.40. The smallest absolute Gasteiger partial charge is 0.335 e. The maximum absolute atomic E-state index is 12.7. The molecule has 0 fully saturated rings. The van der Waals surface area contributed by atoms with Crippen molar-refractivity contribution < 1.29 is 13.2 Å². The largest absolute Gasteiger partial charge is 0.416 e. The van der Waals surface area contributed by atoms with E-state index in [1.54, 1.807) is 17.8 Å². The molecule has 0 radical (unpaired) electrons. The maximum Gasteiger partial charge on any atom is 0.416 e. The first-order valence-corrected chi connectivity index (χ1v) is 7.80. The second kappa shape index (κ2) is 5.91. The Labute approximate surface area is 127 Å². The van der Waals surface area contributed by atoms with Gasteiger partial charge in [0.25, 0.3) is 0 Å². The molecule has 2 rings (SSSR count). The lowest BCUT2D eigenvalue weighted by Gasteiger charge is -2.31. The topological polar surface area (TPSA) is 24.4 Å². The highest BCUT2D eigenvalue weighted by molar-refractivity contribution is 8.14. The molecule has 1 atom stereocenters. The van der Waals surface area contributed by atoms with Crippen molar-refractivity contribution in [3.8, 4) is 0 Å². The van der Waals surface area contributed by atoms with Gasteiger partial charge in [-0.1, -0.05) is 38.6 Å². The van der Waals surface area contributed by atoms with Crippen LogP contribution in [0.3, 0.4) is 0 Å². The number of anilines is 1. The van der Waals surface area contributed by atoms with Crippen LogP contribution in [0.2, 0.25) is 0 Å². The zero-order valence-corrected chi connectivity index (χ0v) is 13.1. The highest BCUT2D eigenvalue weighted by atomic mass is 32.2. The van der Waals surface area contributed by atoms with Crippen LogP contribution in [0, 0.1) is 5.41 Å². The summed E-state index contributed by atoms with van der Waals surface area (Å²) in [5.41, 5.74) is -0.172. The number of halogens is 3. The minimum absolute atomic E-state index is 0.0573. The third kappa shape index (κ3) is 4.40. The molecule has 21 heavy (non-hydrogen) atoms. The predicted octanol–water partition coefficient (Wildman–Crippen LogP) is 5.02. The fourth-order valence-electron chi connectivity index (χ4n) is 2.10. The number of alkyl halides is 3. The summed E-state index contributed by atoms with van der Waals surface area (Å²) in [7, 11) is 0. The molecule has 1 aromatic carbocycles. The van der Waals surface area contributed by atoms with Gasteiger partial charge >= 0.3 is 6.18 Å². The molecule has 0 saturated heterocycles. The van der Waals surface area contributed by atoms with Gasteiger partial charge in [0.15, 0.2) is 5.17 Å². The van der Waals surface area contributed by atoms with E-state index in [1.807, 2.05) is 0 Å². The predicted molar refractivity (Wildman–Crippen MR) is 82.8 cm³/mol. The van der Waals surface area contributed by atoms with Gasteiger partial charge in [-0.3, -0.25) is 4.99 Å². The number of benzene rings is 1. The van der Waals surface area contributed by atoms with Crippen molar-refractivity contribution in [1.29, 1.82) is 0 Å². The normalized spacial score (nSPS) is 20.1. The molecule has 1 aliphatic heterocycles. The second-order valence-electron chi connectivity index (χ2n) is 6.16. The van der Waals surface area contributed by atoms with E-state index in [4.69, 9.17) is 0 Å². The molecule has 0 spiro atoms. The quantitative estimate of drug-likeness (QED) is 0.786. The van der Waals surface area contributed by atoms with Crippen molar-refractivity contribution in [2.45, 2.75) is 39.4 Å². The molecule has 0 amide bonds. The Morgan fingerprint density at radius 3 is 2.57 bits per heavy atom. The average Bonchev–Trinajstić information content (AvgIpc) is 2.37. The number of hydrogen-bond donors (Lipinski definition) is 1. The van der Waals surface area contributed by atoms with Crippen molar-refractivity contribution >= 4 is 22.6 Å². The lowest BCUT2D eigenvalue weighted by molar-refractivity contribution is -0.137. The van der Waals surface area contributed by atoms with E-state index in [2.05, 4.69) is 31.1 Å². The van der Waals surface area contributed by atoms with Gasteiger partial charge in [-0.15, -0.1) is 0 Å². The van der Waals surface area contributed by atoms with E-state index in [9.17, 15) is 13.2 Å². The van der Waals surface area contributed by atoms with Crippen LogP contribution in [-0.4, -0.2) is 17.0 Å². The van der Waals surface area contributed by atoms with Crippen LogP contribution in [0.5, 0.6) is 0 Å². The molecule has 0 saturated carbocycles. The standard InChI is InChI=1S/C15H19F3N2S/c1-14(2,3)12-7-8-21-13(20-12)19-11-6-4-5-10(9-11)15(16,17)18/h4-6,9,12H,7-8H2,1-3H3,(H,19,20). The summed E-state index contributed by atoms with van der Waals surface area (Å²) < 4.78 is 38.1. The molecule has 0 aromatic heterocycles. The molecule has 1 unspecified atom stereocenters. The molecule has 116 valence electrons. The van der Waals surface area contributed by atoms with E-state index in [1.165, 1.54) is 6.07 Å². The number of rotatable bonds is 1. The first-order valence-electron chi connectivity index (χ1n) is 6.81. The molecule has 0 aliphatic carbocycles. The first kappa shape index (κ1) is 16.2. The second-order valence-corrected chi connectivity index (χ2v) is 7.24. The van der Waals surface area contributed by atoms with Crippen LogP contribution in [0.15, 0.2) is 29.3 Å². The van der Waals surface area contributed by atoms with Crippen molar-refractivity contribution in [2.24, 2.45) is 10.4 Å². The Balaban J connectivity index is 2.16. The fourth-order valence-corrected chi connectivity index (χ4v) is 3.03. The number of nitrogens with zero attached hydrogens (tertiary/aromatic N) is 1. The Bertz CT molecular complexity index is 532. The van der Waals surface area contributed by atoms with E-state index < -0.39 is 11.7 Å². The molecule has 1 aromatic rings.